The molecule has 1 unspecified atom stereocenters. The largest absolute Gasteiger partial charge is 0.461 e. The van der Waals surface area contributed by atoms with Crippen molar-refractivity contribution in [2.75, 3.05) is 7.05 Å². The molecule has 0 saturated heterocycles. The fourth-order valence-corrected chi connectivity index (χ4v) is 2.02. The Kier molecular flexibility index (Phi) is 4.23. The van der Waals surface area contributed by atoms with Crippen LogP contribution in [0.4, 0.5) is 0 Å². The van der Waals surface area contributed by atoms with E-state index in [-0.39, 0.29) is 0 Å². The molecule has 0 fully saturated rings. The highest BCUT2D eigenvalue weighted by Gasteiger charge is 2.07. The number of halogens is 1. The number of likely N-dealkylation sites (N-methyl/N-ethyl adjacent to an activating group) is 1. The normalized spacial score (nSPS) is 12.6. The molecule has 2 nitrogen and oxygen atoms in total. The molecule has 90 valence electrons. The molecule has 17 heavy (non-hydrogen) atoms. The maximum Gasteiger partial charge on any atom is 0.134 e. The van der Waals surface area contributed by atoms with E-state index in [0.29, 0.717) is 6.04 Å². The van der Waals surface area contributed by atoms with E-state index in [0.717, 1.165) is 23.5 Å². The lowest BCUT2D eigenvalue weighted by Gasteiger charge is -2.06. The summed E-state index contributed by atoms with van der Waals surface area (Å²) in [4.78, 5) is 0. The van der Waals surface area contributed by atoms with Crippen LogP contribution >= 0.6 is 22.6 Å². The van der Waals surface area contributed by atoms with Gasteiger partial charge in [-0.2, -0.15) is 0 Å². The van der Waals surface area contributed by atoms with Crippen molar-refractivity contribution in [3.8, 4) is 11.3 Å². The van der Waals surface area contributed by atoms with E-state index in [1.54, 1.807) is 0 Å². The number of furan rings is 1. The summed E-state index contributed by atoms with van der Waals surface area (Å²) in [7, 11) is 1.97. The first-order valence-electron chi connectivity index (χ1n) is 5.71. The molecular formula is C14H16INO. The molecule has 0 saturated carbocycles. The molecule has 1 atom stereocenters. The minimum absolute atomic E-state index is 0.436. The Labute approximate surface area is 116 Å². The van der Waals surface area contributed by atoms with E-state index in [2.05, 4.69) is 65.2 Å². The van der Waals surface area contributed by atoms with Gasteiger partial charge in [0.15, 0.2) is 0 Å². The Hall–Kier alpha value is -0.810. The highest BCUT2D eigenvalue weighted by Crippen LogP contribution is 2.23. The summed E-state index contributed by atoms with van der Waals surface area (Å²) in [6, 6.07) is 12.9. The number of rotatable bonds is 4. The molecule has 2 aromatic rings. The van der Waals surface area contributed by atoms with E-state index in [1.165, 1.54) is 3.57 Å². The maximum atomic E-state index is 5.84. The van der Waals surface area contributed by atoms with Gasteiger partial charge in [-0.05, 0) is 60.8 Å². The lowest BCUT2D eigenvalue weighted by Crippen LogP contribution is -2.23. The maximum absolute atomic E-state index is 5.84. The minimum atomic E-state index is 0.436. The summed E-state index contributed by atoms with van der Waals surface area (Å²) in [6.45, 7) is 2.15. The first kappa shape index (κ1) is 12.6. The lowest BCUT2D eigenvalue weighted by molar-refractivity contribution is 0.481. The zero-order valence-electron chi connectivity index (χ0n) is 10.0. The quantitative estimate of drug-likeness (QED) is 0.858. The van der Waals surface area contributed by atoms with Gasteiger partial charge in [0.05, 0.1) is 0 Å². The molecule has 1 N–H and O–H groups in total. The van der Waals surface area contributed by atoms with E-state index < -0.39 is 0 Å². The monoisotopic (exact) mass is 341 g/mol. The number of nitrogens with one attached hydrogen (secondary N) is 1. The van der Waals surface area contributed by atoms with Gasteiger partial charge in [0.1, 0.15) is 11.5 Å². The highest BCUT2D eigenvalue weighted by molar-refractivity contribution is 14.1. The molecular weight excluding hydrogens is 325 g/mol. The number of hydrogen-bond acceptors (Lipinski definition) is 2. The number of benzene rings is 1. The second-order valence-electron chi connectivity index (χ2n) is 4.17. The van der Waals surface area contributed by atoms with Crippen LogP contribution in [0.1, 0.15) is 12.7 Å². The van der Waals surface area contributed by atoms with Gasteiger partial charge in [0, 0.05) is 21.6 Å². The van der Waals surface area contributed by atoms with Crippen LogP contribution in [0, 0.1) is 3.57 Å². The second kappa shape index (κ2) is 5.69. The molecule has 0 spiro atoms. The Morgan fingerprint density at radius 1 is 1.18 bits per heavy atom. The second-order valence-corrected chi connectivity index (χ2v) is 5.41. The SMILES string of the molecule is CNC(C)Cc1ccc(-c2ccc(I)cc2)o1. The standard InChI is InChI=1S/C14H16INO/c1-10(16-2)9-13-7-8-14(17-13)11-3-5-12(15)6-4-11/h3-8,10,16H,9H2,1-2H3. The molecule has 1 heterocycles. The minimum Gasteiger partial charge on any atom is -0.461 e. The predicted molar refractivity (Wildman–Crippen MR) is 79.1 cm³/mol. The summed E-state index contributed by atoms with van der Waals surface area (Å²) in [5.41, 5.74) is 1.13. The van der Waals surface area contributed by atoms with Gasteiger partial charge in [-0.15, -0.1) is 0 Å². The summed E-state index contributed by atoms with van der Waals surface area (Å²) in [6.07, 6.45) is 0.918. The molecule has 1 aromatic carbocycles. The Balaban J connectivity index is 2.15. The highest BCUT2D eigenvalue weighted by atomic mass is 127. The van der Waals surface area contributed by atoms with Crippen molar-refractivity contribution >= 4 is 22.6 Å². The zero-order chi connectivity index (χ0) is 12.3. The molecule has 0 radical (unpaired) electrons. The predicted octanol–water partition coefficient (Wildman–Crippen LogP) is 3.70. The fourth-order valence-electron chi connectivity index (χ4n) is 1.66. The Morgan fingerprint density at radius 2 is 1.88 bits per heavy atom. The van der Waals surface area contributed by atoms with Gasteiger partial charge in [-0.1, -0.05) is 12.1 Å². The lowest BCUT2D eigenvalue weighted by atomic mass is 10.2. The van der Waals surface area contributed by atoms with Crippen molar-refractivity contribution in [3.05, 3.63) is 45.7 Å². The first-order valence-corrected chi connectivity index (χ1v) is 6.79. The smallest absolute Gasteiger partial charge is 0.134 e. The van der Waals surface area contributed by atoms with Crippen molar-refractivity contribution in [3.63, 3.8) is 0 Å². The van der Waals surface area contributed by atoms with E-state index in [4.69, 9.17) is 4.42 Å². The molecule has 0 aliphatic heterocycles. The fraction of sp³-hybridized carbons (Fsp3) is 0.286. The third-order valence-corrected chi connectivity index (χ3v) is 3.51. The van der Waals surface area contributed by atoms with Crippen LogP contribution in [0.25, 0.3) is 11.3 Å². The molecule has 0 aliphatic carbocycles. The van der Waals surface area contributed by atoms with Gasteiger partial charge < -0.3 is 9.73 Å². The average Bonchev–Trinajstić information content (AvgIpc) is 2.78. The van der Waals surface area contributed by atoms with Crippen LogP contribution in [0.15, 0.2) is 40.8 Å². The topological polar surface area (TPSA) is 25.2 Å². The summed E-state index contributed by atoms with van der Waals surface area (Å²) in [5, 5.41) is 3.21. The van der Waals surface area contributed by atoms with E-state index in [1.807, 2.05) is 13.1 Å². The Morgan fingerprint density at radius 3 is 2.53 bits per heavy atom. The molecule has 0 bridgehead atoms. The van der Waals surface area contributed by atoms with Crippen LogP contribution in [0.2, 0.25) is 0 Å². The van der Waals surface area contributed by atoms with Gasteiger partial charge in [-0.25, -0.2) is 0 Å². The van der Waals surface area contributed by atoms with Gasteiger partial charge >= 0.3 is 0 Å². The molecule has 3 heteroatoms. The Bertz CT molecular complexity index is 475. The van der Waals surface area contributed by atoms with Crippen molar-refractivity contribution in [2.45, 2.75) is 19.4 Å². The molecule has 0 amide bonds. The van der Waals surface area contributed by atoms with Crippen molar-refractivity contribution in [2.24, 2.45) is 0 Å². The van der Waals surface area contributed by atoms with Gasteiger partial charge in [0.2, 0.25) is 0 Å². The third kappa shape index (κ3) is 3.33. The third-order valence-electron chi connectivity index (χ3n) is 2.79. The summed E-state index contributed by atoms with van der Waals surface area (Å²) in [5.74, 6) is 1.97. The average molecular weight is 341 g/mol. The zero-order valence-corrected chi connectivity index (χ0v) is 12.2. The first-order chi connectivity index (χ1) is 8.19. The summed E-state index contributed by atoms with van der Waals surface area (Å²) >= 11 is 2.30. The van der Waals surface area contributed by atoms with E-state index >= 15 is 0 Å². The van der Waals surface area contributed by atoms with Crippen LogP contribution < -0.4 is 5.32 Å². The van der Waals surface area contributed by atoms with Crippen molar-refractivity contribution in [1.82, 2.24) is 5.32 Å². The molecule has 2 rings (SSSR count). The van der Waals surface area contributed by atoms with Gasteiger partial charge in [-0.3, -0.25) is 0 Å². The van der Waals surface area contributed by atoms with Crippen LogP contribution in [0.3, 0.4) is 0 Å². The van der Waals surface area contributed by atoms with Crippen molar-refractivity contribution in [1.29, 1.82) is 0 Å². The molecule has 0 aliphatic rings. The van der Waals surface area contributed by atoms with Crippen LogP contribution in [-0.4, -0.2) is 13.1 Å². The van der Waals surface area contributed by atoms with Gasteiger partial charge in [0.25, 0.3) is 0 Å². The number of hydrogen-bond donors (Lipinski definition) is 1. The molecule has 1 aromatic heterocycles. The van der Waals surface area contributed by atoms with Crippen LogP contribution in [-0.2, 0) is 6.42 Å². The summed E-state index contributed by atoms with van der Waals surface area (Å²) < 4.78 is 7.08. The van der Waals surface area contributed by atoms with E-state index in [9.17, 15) is 0 Å². The van der Waals surface area contributed by atoms with Crippen molar-refractivity contribution < 1.29 is 4.42 Å². The van der Waals surface area contributed by atoms with Crippen LogP contribution in [0.5, 0.6) is 0 Å².